The van der Waals surface area contributed by atoms with Crippen LogP contribution in [0.1, 0.15) is 48.7 Å². The predicted octanol–water partition coefficient (Wildman–Crippen LogP) is 2.52. The van der Waals surface area contributed by atoms with Crippen molar-refractivity contribution < 1.29 is 19.1 Å². The maximum atomic E-state index is 13.0. The smallest absolute Gasteiger partial charge is 0.313 e. The van der Waals surface area contributed by atoms with Crippen LogP contribution in [0.3, 0.4) is 0 Å². The molecule has 158 valence electrons. The van der Waals surface area contributed by atoms with Crippen molar-refractivity contribution in [2.24, 2.45) is 11.7 Å². The molecule has 2 aromatic rings. The van der Waals surface area contributed by atoms with Crippen LogP contribution in [0.15, 0.2) is 42.6 Å². The fourth-order valence-corrected chi connectivity index (χ4v) is 3.66. The first-order valence-corrected chi connectivity index (χ1v) is 10.00. The molecule has 0 radical (unpaired) electrons. The van der Waals surface area contributed by atoms with Crippen molar-refractivity contribution in [3.63, 3.8) is 0 Å². The highest BCUT2D eigenvalue weighted by molar-refractivity contribution is 6.39. The number of pyridine rings is 1. The zero-order valence-corrected chi connectivity index (χ0v) is 17.1. The maximum absolute atomic E-state index is 13.0. The van der Waals surface area contributed by atoms with Crippen molar-refractivity contribution in [3.8, 4) is 5.88 Å². The van der Waals surface area contributed by atoms with Crippen molar-refractivity contribution >= 4 is 23.4 Å². The number of carbonyl (C=O) groups excluding carboxylic acids is 3. The molecule has 1 aliphatic rings. The van der Waals surface area contributed by atoms with Crippen molar-refractivity contribution in [1.82, 2.24) is 9.88 Å². The number of primary amides is 1. The quantitative estimate of drug-likeness (QED) is 0.735. The number of nitrogens with two attached hydrogens (primary N) is 1. The molecule has 0 bridgehead atoms. The summed E-state index contributed by atoms with van der Waals surface area (Å²) in [5.41, 5.74) is 6.61. The molecule has 0 saturated carbocycles. The third kappa shape index (κ3) is 4.76. The summed E-state index contributed by atoms with van der Waals surface area (Å²) in [5.74, 6) is -1.75. The van der Waals surface area contributed by atoms with Gasteiger partial charge < -0.3 is 20.7 Å². The highest BCUT2D eigenvalue weighted by Gasteiger charge is 2.34. The Hall–Kier alpha value is -3.42. The number of nitrogens with zero attached hydrogens (tertiary/aromatic N) is 2. The van der Waals surface area contributed by atoms with Gasteiger partial charge in [-0.1, -0.05) is 37.3 Å². The number of rotatable bonds is 5. The zero-order chi connectivity index (χ0) is 21.7. The summed E-state index contributed by atoms with van der Waals surface area (Å²) in [6.07, 6.45) is 3.10. The van der Waals surface area contributed by atoms with E-state index >= 15 is 0 Å². The van der Waals surface area contributed by atoms with E-state index in [1.807, 2.05) is 30.3 Å². The average Bonchev–Trinajstić information content (AvgIpc) is 2.74. The Morgan fingerprint density at radius 1 is 1.23 bits per heavy atom. The number of hydrogen-bond donors (Lipinski definition) is 2. The standard InChI is InChI=1S/C22H26N4O4/c1-3-30-21-17(19(23)27)11-16(12-24-21)25-20(28)22(29)26-13-14(2)9-10-18(26)15-7-5-4-6-8-15/h4-8,11-12,14,18H,3,9-10,13H2,1-2H3,(H2,23,27)(H,25,28)/t14-,18+/m1/s1. The lowest BCUT2D eigenvalue weighted by molar-refractivity contribution is -0.146. The van der Waals surface area contributed by atoms with Crippen molar-refractivity contribution in [1.29, 1.82) is 0 Å². The molecule has 2 heterocycles. The molecule has 3 rings (SSSR count). The Labute approximate surface area is 175 Å². The molecule has 1 saturated heterocycles. The van der Waals surface area contributed by atoms with E-state index in [0.717, 1.165) is 18.4 Å². The maximum Gasteiger partial charge on any atom is 0.313 e. The van der Waals surface area contributed by atoms with Gasteiger partial charge in [-0.25, -0.2) is 4.98 Å². The monoisotopic (exact) mass is 410 g/mol. The van der Waals surface area contributed by atoms with Crippen LogP contribution in [0.2, 0.25) is 0 Å². The third-order valence-corrected chi connectivity index (χ3v) is 5.11. The second kappa shape index (κ2) is 9.39. The third-order valence-electron chi connectivity index (χ3n) is 5.11. The van der Waals surface area contributed by atoms with Gasteiger partial charge in [0.05, 0.1) is 24.5 Å². The molecule has 1 aromatic heterocycles. The van der Waals surface area contributed by atoms with Crippen LogP contribution in [0.4, 0.5) is 5.69 Å². The number of amides is 3. The summed E-state index contributed by atoms with van der Waals surface area (Å²) in [6.45, 7) is 4.63. The molecular weight excluding hydrogens is 384 g/mol. The van der Waals surface area contributed by atoms with Crippen molar-refractivity contribution in [3.05, 3.63) is 53.7 Å². The van der Waals surface area contributed by atoms with E-state index in [9.17, 15) is 14.4 Å². The Bertz CT molecular complexity index is 932. The number of piperidine rings is 1. The van der Waals surface area contributed by atoms with Gasteiger partial charge in [0.2, 0.25) is 5.88 Å². The van der Waals surface area contributed by atoms with Gasteiger partial charge in [-0.2, -0.15) is 0 Å². The lowest BCUT2D eigenvalue weighted by atomic mass is 9.90. The SMILES string of the molecule is CCOc1ncc(NC(=O)C(=O)N2C[C@H](C)CC[C@H]2c2ccccc2)cc1C(N)=O. The molecule has 0 unspecified atom stereocenters. The summed E-state index contributed by atoms with van der Waals surface area (Å²) in [4.78, 5) is 43.0. The Kier molecular flexibility index (Phi) is 6.66. The van der Waals surface area contributed by atoms with Crippen LogP contribution in [0, 0.1) is 5.92 Å². The highest BCUT2D eigenvalue weighted by atomic mass is 16.5. The van der Waals surface area contributed by atoms with E-state index in [0.29, 0.717) is 19.1 Å². The predicted molar refractivity (Wildman–Crippen MR) is 112 cm³/mol. The van der Waals surface area contributed by atoms with Gasteiger partial charge in [0.1, 0.15) is 5.56 Å². The van der Waals surface area contributed by atoms with E-state index in [2.05, 4.69) is 17.2 Å². The molecule has 3 amide bonds. The second-order valence-electron chi connectivity index (χ2n) is 7.39. The summed E-state index contributed by atoms with van der Waals surface area (Å²) in [6, 6.07) is 10.9. The normalized spacial score (nSPS) is 18.5. The first-order valence-electron chi connectivity index (χ1n) is 10.00. The molecule has 8 nitrogen and oxygen atoms in total. The first kappa shape index (κ1) is 21.3. The number of aromatic nitrogens is 1. The van der Waals surface area contributed by atoms with Gasteiger partial charge >= 0.3 is 11.8 Å². The van der Waals surface area contributed by atoms with Crippen molar-refractivity contribution in [2.45, 2.75) is 32.7 Å². The molecule has 1 fully saturated rings. The lowest BCUT2D eigenvalue weighted by Crippen LogP contribution is -2.46. The highest BCUT2D eigenvalue weighted by Crippen LogP contribution is 2.33. The fourth-order valence-electron chi connectivity index (χ4n) is 3.66. The van der Waals surface area contributed by atoms with Crippen LogP contribution < -0.4 is 15.8 Å². The average molecular weight is 410 g/mol. The number of ether oxygens (including phenoxy) is 1. The summed E-state index contributed by atoms with van der Waals surface area (Å²) >= 11 is 0. The van der Waals surface area contributed by atoms with Crippen LogP contribution >= 0.6 is 0 Å². The Morgan fingerprint density at radius 3 is 2.63 bits per heavy atom. The van der Waals surface area contributed by atoms with E-state index in [1.165, 1.54) is 12.3 Å². The van der Waals surface area contributed by atoms with Gasteiger partial charge in [-0.05, 0) is 37.3 Å². The van der Waals surface area contributed by atoms with Crippen molar-refractivity contribution in [2.75, 3.05) is 18.5 Å². The molecule has 3 N–H and O–H groups in total. The number of hydrogen-bond acceptors (Lipinski definition) is 5. The Balaban J connectivity index is 1.79. The number of likely N-dealkylation sites (tertiary alicyclic amines) is 1. The molecule has 0 aliphatic carbocycles. The minimum atomic E-state index is -0.786. The number of benzene rings is 1. The van der Waals surface area contributed by atoms with E-state index in [-0.39, 0.29) is 23.2 Å². The minimum Gasteiger partial charge on any atom is -0.477 e. The number of anilines is 1. The van der Waals surface area contributed by atoms with E-state index < -0.39 is 17.7 Å². The van der Waals surface area contributed by atoms with E-state index in [4.69, 9.17) is 10.5 Å². The van der Waals surface area contributed by atoms with Gasteiger partial charge in [0, 0.05) is 6.54 Å². The van der Waals surface area contributed by atoms with E-state index in [1.54, 1.807) is 11.8 Å². The Morgan fingerprint density at radius 2 is 1.97 bits per heavy atom. The van der Waals surface area contributed by atoms with Gasteiger partial charge in [0.25, 0.3) is 5.91 Å². The molecule has 1 aliphatic heterocycles. The topological polar surface area (TPSA) is 115 Å². The summed E-state index contributed by atoms with van der Waals surface area (Å²) in [5, 5.41) is 2.53. The summed E-state index contributed by atoms with van der Waals surface area (Å²) in [7, 11) is 0. The van der Waals surface area contributed by atoms with Gasteiger partial charge in [-0.15, -0.1) is 0 Å². The van der Waals surface area contributed by atoms with Crippen LogP contribution in [-0.4, -0.2) is 40.8 Å². The summed E-state index contributed by atoms with van der Waals surface area (Å²) < 4.78 is 5.28. The molecular formula is C22H26N4O4. The van der Waals surface area contributed by atoms with Gasteiger partial charge in [0.15, 0.2) is 0 Å². The molecule has 30 heavy (non-hydrogen) atoms. The lowest BCUT2D eigenvalue weighted by Gasteiger charge is -2.38. The van der Waals surface area contributed by atoms with Crippen LogP contribution in [-0.2, 0) is 9.59 Å². The van der Waals surface area contributed by atoms with Crippen LogP contribution in [0.5, 0.6) is 5.88 Å². The molecule has 8 heteroatoms. The second-order valence-corrected chi connectivity index (χ2v) is 7.39. The van der Waals surface area contributed by atoms with Gasteiger partial charge in [-0.3, -0.25) is 14.4 Å². The minimum absolute atomic E-state index is 0.0378. The largest absolute Gasteiger partial charge is 0.477 e. The van der Waals surface area contributed by atoms with Crippen LogP contribution in [0.25, 0.3) is 0 Å². The number of nitrogens with one attached hydrogen (secondary N) is 1. The first-order chi connectivity index (χ1) is 14.4. The zero-order valence-electron chi connectivity index (χ0n) is 17.1. The number of carbonyl (C=O) groups is 3. The molecule has 2 atom stereocenters. The molecule has 1 aromatic carbocycles. The fraction of sp³-hybridized carbons (Fsp3) is 0.364. The molecule has 0 spiro atoms.